The van der Waals surface area contributed by atoms with E-state index in [4.69, 9.17) is 5.11 Å². The van der Waals surface area contributed by atoms with Gasteiger partial charge in [0.05, 0.1) is 4.75 Å². The Morgan fingerprint density at radius 1 is 1.53 bits per heavy atom. The highest BCUT2D eigenvalue weighted by Crippen LogP contribution is 2.18. The molecule has 0 fully saturated rings. The molecule has 0 aromatic carbocycles. The van der Waals surface area contributed by atoms with Crippen LogP contribution in [-0.4, -0.2) is 39.3 Å². The Bertz CT molecular complexity index is 436. The summed E-state index contributed by atoms with van der Waals surface area (Å²) in [7, 11) is -3.16. The molecule has 86 valence electrons. The van der Waals surface area contributed by atoms with Crippen molar-refractivity contribution >= 4 is 9.84 Å². The van der Waals surface area contributed by atoms with Crippen molar-refractivity contribution in [2.45, 2.75) is 31.7 Å². The maximum absolute atomic E-state index is 11.5. The van der Waals surface area contributed by atoms with E-state index in [1.807, 2.05) is 0 Å². The van der Waals surface area contributed by atoms with E-state index in [-0.39, 0.29) is 13.2 Å². The first kappa shape index (κ1) is 12.1. The molecule has 0 spiro atoms. The van der Waals surface area contributed by atoms with E-state index < -0.39 is 14.6 Å². The standard InChI is InChI=1S/C8H15N3O3S/c1-8(2,15(3,13)14)5-11-6-9-10-7(11)4-12/h6,12H,4-5H2,1-3H3. The Hall–Kier alpha value is -0.950. The maximum atomic E-state index is 11.5. The summed E-state index contributed by atoms with van der Waals surface area (Å²) in [5, 5.41) is 16.2. The number of hydrogen-bond acceptors (Lipinski definition) is 5. The second kappa shape index (κ2) is 3.90. The third-order valence-electron chi connectivity index (χ3n) is 2.39. The number of aromatic nitrogens is 3. The average Bonchev–Trinajstić information content (AvgIpc) is 2.48. The van der Waals surface area contributed by atoms with Gasteiger partial charge in [0.25, 0.3) is 0 Å². The van der Waals surface area contributed by atoms with Gasteiger partial charge >= 0.3 is 0 Å². The fourth-order valence-corrected chi connectivity index (χ4v) is 1.43. The van der Waals surface area contributed by atoms with E-state index in [1.54, 1.807) is 18.4 Å². The van der Waals surface area contributed by atoms with E-state index in [9.17, 15) is 8.42 Å². The van der Waals surface area contributed by atoms with E-state index in [2.05, 4.69) is 10.2 Å². The van der Waals surface area contributed by atoms with Crippen molar-refractivity contribution in [2.24, 2.45) is 0 Å². The Labute approximate surface area is 88.9 Å². The van der Waals surface area contributed by atoms with Crippen LogP contribution in [0.4, 0.5) is 0 Å². The molecule has 0 bridgehead atoms. The molecule has 1 heterocycles. The van der Waals surface area contributed by atoms with Crippen LogP contribution in [0.1, 0.15) is 19.7 Å². The monoisotopic (exact) mass is 233 g/mol. The zero-order valence-corrected chi connectivity index (χ0v) is 9.82. The van der Waals surface area contributed by atoms with Crippen molar-refractivity contribution in [3.05, 3.63) is 12.2 Å². The maximum Gasteiger partial charge on any atom is 0.158 e. The average molecular weight is 233 g/mol. The summed E-state index contributed by atoms with van der Waals surface area (Å²) in [6.45, 7) is 3.24. The Morgan fingerprint density at radius 2 is 2.13 bits per heavy atom. The van der Waals surface area contributed by atoms with Crippen LogP contribution < -0.4 is 0 Å². The number of aliphatic hydroxyl groups is 1. The molecule has 0 unspecified atom stereocenters. The quantitative estimate of drug-likeness (QED) is 0.764. The number of rotatable bonds is 4. The molecule has 0 aliphatic heterocycles. The van der Waals surface area contributed by atoms with Crippen molar-refractivity contribution in [3.63, 3.8) is 0 Å². The van der Waals surface area contributed by atoms with Crippen LogP contribution in [0.2, 0.25) is 0 Å². The smallest absolute Gasteiger partial charge is 0.158 e. The third-order valence-corrected chi connectivity index (χ3v) is 4.53. The zero-order chi connectivity index (χ0) is 11.7. The molecular formula is C8H15N3O3S. The lowest BCUT2D eigenvalue weighted by molar-refractivity contribution is 0.263. The number of sulfone groups is 1. The van der Waals surface area contributed by atoms with Crippen LogP contribution in [0, 0.1) is 0 Å². The van der Waals surface area contributed by atoms with Gasteiger partial charge in [0.15, 0.2) is 15.7 Å². The van der Waals surface area contributed by atoms with Gasteiger partial charge in [-0.25, -0.2) is 8.42 Å². The minimum Gasteiger partial charge on any atom is -0.388 e. The highest BCUT2D eigenvalue weighted by molar-refractivity contribution is 7.92. The Kier molecular flexibility index (Phi) is 3.15. The molecule has 1 N–H and O–H groups in total. The van der Waals surface area contributed by atoms with Crippen LogP contribution in [0.5, 0.6) is 0 Å². The van der Waals surface area contributed by atoms with E-state index in [0.717, 1.165) is 0 Å². The number of hydrogen-bond donors (Lipinski definition) is 1. The Morgan fingerprint density at radius 3 is 2.60 bits per heavy atom. The van der Waals surface area contributed by atoms with Crippen molar-refractivity contribution < 1.29 is 13.5 Å². The van der Waals surface area contributed by atoms with Crippen LogP contribution >= 0.6 is 0 Å². The van der Waals surface area contributed by atoms with Crippen LogP contribution in [0.3, 0.4) is 0 Å². The van der Waals surface area contributed by atoms with Gasteiger partial charge in [-0.2, -0.15) is 0 Å². The van der Waals surface area contributed by atoms with Crippen LogP contribution in [0.15, 0.2) is 6.33 Å². The second-order valence-electron chi connectivity index (χ2n) is 4.07. The predicted molar refractivity (Wildman–Crippen MR) is 54.9 cm³/mol. The second-order valence-corrected chi connectivity index (χ2v) is 6.71. The summed E-state index contributed by atoms with van der Waals surface area (Å²) >= 11 is 0. The molecule has 0 aliphatic carbocycles. The van der Waals surface area contributed by atoms with Crippen molar-refractivity contribution in [2.75, 3.05) is 6.26 Å². The van der Waals surface area contributed by atoms with Gasteiger partial charge in [-0.15, -0.1) is 10.2 Å². The normalized spacial score (nSPS) is 13.1. The van der Waals surface area contributed by atoms with E-state index in [1.165, 1.54) is 12.6 Å². The molecule has 1 rings (SSSR count). The lowest BCUT2D eigenvalue weighted by atomic mass is 10.2. The molecule has 0 radical (unpaired) electrons. The topological polar surface area (TPSA) is 85.1 Å². The van der Waals surface area contributed by atoms with E-state index in [0.29, 0.717) is 5.82 Å². The lowest BCUT2D eigenvalue weighted by Gasteiger charge is -2.23. The molecule has 0 aliphatic rings. The SMILES string of the molecule is CC(C)(Cn1cnnc1CO)S(C)(=O)=O. The summed E-state index contributed by atoms with van der Waals surface area (Å²) in [5.74, 6) is 0.367. The fraction of sp³-hybridized carbons (Fsp3) is 0.750. The third kappa shape index (κ3) is 2.54. The van der Waals surface area contributed by atoms with Gasteiger partial charge in [0.1, 0.15) is 12.9 Å². The highest BCUT2D eigenvalue weighted by atomic mass is 32.2. The van der Waals surface area contributed by atoms with Crippen molar-refractivity contribution in [1.82, 2.24) is 14.8 Å². The molecule has 1 aromatic heterocycles. The van der Waals surface area contributed by atoms with Crippen molar-refractivity contribution in [3.8, 4) is 0 Å². The fourth-order valence-electron chi connectivity index (χ4n) is 1.06. The molecule has 6 nitrogen and oxygen atoms in total. The molecule has 0 amide bonds. The van der Waals surface area contributed by atoms with E-state index >= 15 is 0 Å². The van der Waals surface area contributed by atoms with Gasteiger partial charge in [-0.1, -0.05) is 0 Å². The van der Waals surface area contributed by atoms with Crippen LogP contribution in [-0.2, 0) is 23.0 Å². The van der Waals surface area contributed by atoms with Gasteiger partial charge < -0.3 is 9.67 Å². The zero-order valence-electron chi connectivity index (χ0n) is 9.01. The lowest BCUT2D eigenvalue weighted by Crippen LogP contribution is -2.36. The minimum absolute atomic E-state index is 0.231. The summed E-state index contributed by atoms with van der Waals surface area (Å²) in [5.41, 5.74) is 0. The molecule has 15 heavy (non-hydrogen) atoms. The first-order valence-corrected chi connectivity index (χ1v) is 6.34. The molecule has 0 saturated heterocycles. The largest absolute Gasteiger partial charge is 0.388 e. The minimum atomic E-state index is -3.16. The number of nitrogens with zero attached hydrogens (tertiary/aromatic N) is 3. The van der Waals surface area contributed by atoms with Gasteiger partial charge in [-0.05, 0) is 13.8 Å². The van der Waals surface area contributed by atoms with Crippen LogP contribution in [0.25, 0.3) is 0 Å². The molecule has 7 heteroatoms. The predicted octanol–water partition coefficient (Wildman–Crippen LogP) is -0.406. The summed E-state index contributed by atoms with van der Waals surface area (Å²) in [6, 6.07) is 0. The van der Waals surface area contributed by atoms with Gasteiger partial charge in [0, 0.05) is 12.8 Å². The molecule has 1 aromatic rings. The summed E-state index contributed by atoms with van der Waals surface area (Å²) in [4.78, 5) is 0. The first-order chi connectivity index (χ1) is 6.78. The number of aliphatic hydroxyl groups excluding tert-OH is 1. The van der Waals surface area contributed by atoms with Crippen molar-refractivity contribution in [1.29, 1.82) is 0 Å². The molecular weight excluding hydrogens is 218 g/mol. The van der Waals surface area contributed by atoms with Gasteiger partial charge in [0.2, 0.25) is 0 Å². The highest BCUT2D eigenvalue weighted by Gasteiger charge is 2.31. The summed E-state index contributed by atoms with van der Waals surface area (Å²) < 4.78 is 23.6. The summed E-state index contributed by atoms with van der Waals surface area (Å²) in [6.07, 6.45) is 2.61. The Balaban J connectivity index is 2.96. The van der Waals surface area contributed by atoms with Gasteiger partial charge in [-0.3, -0.25) is 0 Å². The molecule has 0 saturated carbocycles. The first-order valence-electron chi connectivity index (χ1n) is 4.45. The molecule has 0 atom stereocenters.